The van der Waals surface area contributed by atoms with Crippen molar-refractivity contribution in [2.75, 3.05) is 13.1 Å². The van der Waals surface area contributed by atoms with E-state index in [-0.39, 0.29) is 5.91 Å². The molecular formula is C17H25NO2. The Labute approximate surface area is 121 Å². The number of ether oxygens (including phenoxy) is 1. The van der Waals surface area contributed by atoms with Crippen molar-refractivity contribution in [2.24, 2.45) is 5.92 Å². The lowest BCUT2D eigenvalue weighted by Crippen LogP contribution is -2.45. The Kier molecular flexibility index (Phi) is 4.69. The topological polar surface area (TPSA) is 29.5 Å². The van der Waals surface area contributed by atoms with Gasteiger partial charge in [0.15, 0.2) is 6.10 Å². The summed E-state index contributed by atoms with van der Waals surface area (Å²) in [6.45, 7) is 9.85. The number of amides is 1. The summed E-state index contributed by atoms with van der Waals surface area (Å²) in [7, 11) is 0. The average Bonchev–Trinajstić information content (AvgIpc) is 2.41. The van der Waals surface area contributed by atoms with Crippen molar-refractivity contribution in [2.45, 2.75) is 46.6 Å². The van der Waals surface area contributed by atoms with Crippen molar-refractivity contribution in [3.63, 3.8) is 0 Å². The molecule has 0 spiro atoms. The van der Waals surface area contributed by atoms with Crippen LogP contribution in [0.25, 0.3) is 0 Å². The summed E-state index contributed by atoms with van der Waals surface area (Å²) in [5, 5.41) is 0. The molecule has 1 aromatic rings. The molecule has 1 amide bonds. The Morgan fingerprint density at radius 1 is 1.40 bits per heavy atom. The molecule has 0 saturated carbocycles. The molecule has 1 heterocycles. The zero-order valence-corrected chi connectivity index (χ0v) is 13.0. The number of benzene rings is 1. The molecule has 1 fully saturated rings. The van der Waals surface area contributed by atoms with Gasteiger partial charge >= 0.3 is 0 Å². The Bertz CT molecular complexity index is 484. The highest BCUT2D eigenvalue weighted by atomic mass is 16.5. The van der Waals surface area contributed by atoms with Gasteiger partial charge in [0.05, 0.1) is 0 Å². The zero-order valence-electron chi connectivity index (χ0n) is 13.0. The molecule has 0 aliphatic carbocycles. The number of rotatable bonds is 3. The van der Waals surface area contributed by atoms with Gasteiger partial charge < -0.3 is 9.64 Å². The summed E-state index contributed by atoms with van der Waals surface area (Å²) in [5.74, 6) is 1.51. The van der Waals surface area contributed by atoms with Gasteiger partial charge in [0, 0.05) is 13.1 Å². The van der Waals surface area contributed by atoms with E-state index in [1.165, 1.54) is 12.0 Å². The van der Waals surface area contributed by atoms with Crippen molar-refractivity contribution in [3.05, 3.63) is 29.3 Å². The van der Waals surface area contributed by atoms with Crippen LogP contribution in [0, 0.1) is 19.8 Å². The maximum absolute atomic E-state index is 12.4. The highest BCUT2D eigenvalue weighted by Crippen LogP contribution is 2.22. The van der Waals surface area contributed by atoms with E-state index >= 15 is 0 Å². The molecule has 20 heavy (non-hydrogen) atoms. The van der Waals surface area contributed by atoms with Gasteiger partial charge in [-0.2, -0.15) is 0 Å². The van der Waals surface area contributed by atoms with E-state index in [0.717, 1.165) is 30.8 Å². The number of hydrogen-bond acceptors (Lipinski definition) is 2. The second-order valence-corrected chi connectivity index (χ2v) is 6.06. The van der Waals surface area contributed by atoms with Crippen LogP contribution in [0.1, 0.15) is 37.8 Å². The fourth-order valence-electron chi connectivity index (χ4n) is 2.82. The fourth-order valence-corrected chi connectivity index (χ4v) is 2.82. The van der Waals surface area contributed by atoms with E-state index in [1.54, 1.807) is 0 Å². The Morgan fingerprint density at radius 3 is 2.80 bits per heavy atom. The first-order chi connectivity index (χ1) is 9.47. The third kappa shape index (κ3) is 3.53. The molecule has 0 bridgehead atoms. The van der Waals surface area contributed by atoms with Crippen molar-refractivity contribution >= 4 is 5.91 Å². The SMILES string of the molecule is Cc1ccc(OC(C)C(=O)N2CCCC(C)C2)c(C)c1. The van der Waals surface area contributed by atoms with Crippen molar-refractivity contribution in [3.8, 4) is 5.75 Å². The summed E-state index contributed by atoms with van der Waals surface area (Å²) >= 11 is 0. The van der Waals surface area contributed by atoms with Gasteiger partial charge in [0.1, 0.15) is 5.75 Å². The van der Waals surface area contributed by atoms with Crippen LogP contribution in [0.3, 0.4) is 0 Å². The van der Waals surface area contributed by atoms with E-state index < -0.39 is 6.10 Å². The monoisotopic (exact) mass is 275 g/mol. The van der Waals surface area contributed by atoms with Crippen LogP contribution in [0.5, 0.6) is 5.75 Å². The number of nitrogens with zero attached hydrogens (tertiary/aromatic N) is 1. The molecule has 0 N–H and O–H groups in total. The quantitative estimate of drug-likeness (QED) is 0.847. The molecule has 110 valence electrons. The molecule has 1 saturated heterocycles. The molecular weight excluding hydrogens is 250 g/mol. The first kappa shape index (κ1) is 14.9. The maximum atomic E-state index is 12.4. The van der Waals surface area contributed by atoms with E-state index in [9.17, 15) is 4.79 Å². The van der Waals surface area contributed by atoms with Gasteiger partial charge in [-0.05, 0) is 51.2 Å². The summed E-state index contributed by atoms with van der Waals surface area (Å²) in [4.78, 5) is 14.4. The van der Waals surface area contributed by atoms with Gasteiger partial charge in [-0.15, -0.1) is 0 Å². The number of likely N-dealkylation sites (tertiary alicyclic amines) is 1. The number of hydrogen-bond donors (Lipinski definition) is 0. The highest BCUT2D eigenvalue weighted by molar-refractivity contribution is 5.81. The smallest absolute Gasteiger partial charge is 0.263 e. The molecule has 1 aromatic carbocycles. The molecule has 0 aromatic heterocycles. The number of aryl methyl sites for hydroxylation is 2. The lowest BCUT2D eigenvalue weighted by molar-refractivity contribution is -0.139. The molecule has 2 unspecified atom stereocenters. The molecule has 2 atom stereocenters. The normalized spacial score (nSPS) is 20.6. The lowest BCUT2D eigenvalue weighted by Gasteiger charge is -2.32. The number of carbonyl (C=O) groups excluding carboxylic acids is 1. The molecule has 2 rings (SSSR count). The van der Waals surface area contributed by atoms with Crippen LogP contribution in [0.4, 0.5) is 0 Å². The Hall–Kier alpha value is -1.51. The minimum absolute atomic E-state index is 0.108. The van der Waals surface area contributed by atoms with Crippen molar-refractivity contribution in [1.82, 2.24) is 4.90 Å². The molecule has 3 heteroatoms. The third-order valence-electron chi connectivity index (χ3n) is 3.95. The predicted molar refractivity (Wildman–Crippen MR) is 81.0 cm³/mol. The average molecular weight is 275 g/mol. The van der Waals surface area contributed by atoms with E-state index in [2.05, 4.69) is 19.9 Å². The largest absolute Gasteiger partial charge is 0.481 e. The summed E-state index contributed by atoms with van der Waals surface area (Å²) in [5.41, 5.74) is 2.29. The van der Waals surface area contributed by atoms with Crippen molar-refractivity contribution < 1.29 is 9.53 Å². The van der Waals surface area contributed by atoms with E-state index in [1.807, 2.05) is 30.9 Å². The second kappa shape index (κ2) is 6.29. The van der Waals surface area contributed by atoms with Gasteiger partial charge in [0.25, 0.3) is 5.91 Å². The van der Waals surface area contributed by atoms with Gasteiger partial charge in [-0.25, -0.2) is 0 Å². The third-order valence-corrected chi connectivity index (χ3v) is 3.95. The van der Waals surface area contributed by atoms with Gasteiger partial charge in [-0.1, -0.05) is 24.6 Å². The van der Waals surface area contributed by atoms with Crippen LogP contribution in [-0.4, -0.2) is 30.0 Å². The maximum Gasteiger partial charge on any atom is 0.263 e. The second-order valence-electron chi connectivity index (χ2n) is 6.06. The Balaban J connectivity index is 2.00. The first-order valence-corrected chi connectivity index (χ1v) is 7.50. The summed E-state index contributed by atoms with van der Waals surface area (Å²) in [6, 6.07) is 6.05. The van der Waals surface area contributed by atoms with E-state index in [0.29, 0.717) is 5.92 Å². The molecule has 3 nitrogen and oxygen atoms in total. The Morgan fingerprint density at radius 2 is 2.15 bits per heavy atom. The van der Waals surface area contributed by atoms with Crippen LogP contribution >= 0.6 is 0 Å². The minimum Gasteiger partial charge on any atom is -0.481 e. The van der Waals surface area contributed by atoms with Crippen LogP contribution in [0.2, 0.25) is 0 Å². The fraction of sp³-hybridized carbons (Fsp3) is 0.588. The first-order valence-electron chi connectivity index (χ1n) is 7.50. The summed E-state index contributed by atoms with van der Waals surface area (Å²) < 4.78 is 5.86. The lowest BCUT2D eigenvalue weighted by atomic mass is 10.00. The van der Waals surface area contributed by atoms with Gasteiger partial charge in [-0.3, -0.25) is 4.79 Å². The van der Waals surface area contributed by atoms with Gasteiger partial charge in [0.2, 0.25) is 0 Å². The van der Waals surface area contributed by atoms with E-state index in [4.69, 9.17) is 4.74 Å². The number of carbonyl (C=O) groups is 1. The summed E-state index contributed by atoms with van der Waals surface area (Å²) in [6.07, 6.45) is 1.90. The predicted octanol–water partition coefficient (Wildman–Crippen LogP) is 3.33. The van der Waals surface area contributed by atoms with Crippen LogP contribution in [0.15, 0.2) is 18.2 Å². The van der Waals surface area contributed by atoms with Crippen LogP contribution < -0.4 is 4.74 Å². The zero-order chi connectivity index (χ0) is 14.7. The highest BCUT2D eigenvalue weighted by Gasteiger charge is 2.26. The molecule has 0 radical (unpaired) electrons. The van der Waals surface area contributed by atoms with Crippen molar-refractivity contribution in [1.29, 1.82) is 0 Å². The molecule has 1 aliphatic rings. The van der Waals surface area contributed by atoms with Crippen LogP contribution in [-0.2, 0) is 4.79 Å². The molecule has 1 aliphatic heterocycles. The minimum atomic E-state index is -0.415. The number of piperidine rings is 1. The standard InChI is InChI=1S/C17H25NO2/c1-12-7-8-16(14(3)10-12)20-15(4)17(19)18-9-5-6-13(2)11-18/h7-8,10,13,15H,5-6,9,11H2,1-4H3.